The summed E-state index contributed by atoms with van der Waals surface area (Å²) < 4.78 is 11.8. The molecule has 4 rings (SSSR count). The Morgan fingerprint density at radius 1 is 1.06 bits per heavy atom. The number of rotatable bonds is 8. The summed E-state index contributed by atoms with van der Waals surface area (Å²) in [6.07, 6.45) is 1.51. The lowest BCUT2D eigenvalue weighted by molar-refractivity contribution is 0.192. The number of nitrogens with zero attached hydrogens (tertiary/aromatic N) is 3. The molecular formula is C21H23N4O4PS2. The number of aromatic nitrogens is 3. The summed E-state index contributed by atoms with van der Waals surface area (Å²) in [5.41, 5.74) is 4.40. The molecule has 0 bridgehead atoms. The minimum atomic E-state index is -2.39. The predicted octanol–water partition coefficient (Wildman–Crippen LogP) is 5.48. The fraction of sp³-hybridized carbons (Fsp3) is 0.286. The highest BCUT2D eigenvalue weighted by Crippen LogP contribution is 2.41. The van der Waals surface area contributed by atoms with Crippen LogP contribution >= 0.6 is 31.7 Å². The van der Waals surface area contributed by atoms with Crippen molar-refractivity contribution >= 4 is 64.3 Å². The molecule has 0 spiro atoms. The smallest absolute Gasteiger partial charge is 0.327 e. The van der Waals surface area contributed by atoms with E-state index in [4.69, 9.17) is 19.0 Å². The minimum absolute atomic E-state index is 0.0499. The zero-order valence-electron chi connectivity index (χ0n) is 17.8. The van der Waals surface area contributed by atoms with Crippen molar-refractivity contribution in [3.05, 3.63) is 42.2 Å². The van der Waals surface area contributed by atoms with Crippen molar-refractivity contribution in [2.24, 2.45) is 0 Å². The standard InChI is InChI=1S/C21H23N4O4PS2/c1-21(2,3)32-19-9-14-15(10-17(19)28-6-7-29-30(26)27)22-11-23-20(14)25-13-4-5-18-16(8-13)24-12-31-18/h4-5,8-12,26-27H,6-7H2,1-3H3,(H,22,23,25). The molecule has 0 saturated heterocycles. The van der Waals surface area contributed by atoms with Crippen LogP contribution in [0.2, 0.25) is 0 Å². The van der Waals surface area contributed by atoms with E-state index in [-0.39, 0.29) is 18.0 Å². The third kappa shape index (κ3) is 5.83. The van der Waals surface area contributed by atoms with Crippen molar-refractivity contribution in [1.29, 1.82) is 0 Å². The zero-order chi connectivity index (χ0) is 22.7. The summed E-state index contributed by atoms with van der Waals surface area (Å²) in [6.45, 7) is 6.65. The number of thioether (sulfide) groups is 1. The van der Waals surface area contributed by atoms with Crippen molar-refractivity contribution < 1.29 is 19.0 Å². The van der Waals surface area contributed by atoms with Gasteiger partial charge in [0.05, 0.1) is 32.7 Å². The van der Waals surface area contributed by atoms with E-state index < -0.39 is 8.60 Å². The van der Waals surface area contributed by atoms with Gasteiger partial charge >= 0.3 is 8.60 Å². The molecule has 32 heavy (non-hydrogen) atoms. The molecule has 168 valence electrons. The Morgan fingerprint density at radius 2 is 1.91 bits per heavy atom. The molecule has 8 nitrogen and oxygen atoms in total. The van der Waals surface area contributed by atoms with Crippen LogP contribution in [0.3, 0.4) is 0 Å². The summed E-state index contributed by atoms with van der Waals surface area (Å²) in [6, 6.07) is 9.95. The van der Waals surface area contributed by atoms with E-state index in [0.717, 1.165) is 31.7 Å². The summed E-state index contributed by atoms with van der Waals surface area (Å²) in [4.78, 5) is 32.0. The zero-order valence-corrected chi connectivity index (χ0v) is 20.3. The van der Waals surface area contributed by atoms with Gasteiger partial charge in [0.25, 0.3) is 0 Å². The number of thiazole rings is 1. The van der Waals surface area contributed by atoms with E-state index in [0.29, 0.717) is 11.6 Å². The van der Waals surface area contributed by atoms with Crippen LogP contribution in [0.1, 0.15) is 20.8 Å². The van der Waals surface area contributed by atoms with Crippen molar-refractivity contribution in [2.75, 3.05) is 18.5 Å². The van der Waals surface area contributed by atoms with E-state index in [9.17, 15) is 0 Å². The van der Waals surface area contributed by atoms with Gasteiger partial charge in [-0.15, -0.1) is 23.1 Å². The maximum Gasteiger partial charge on any atom is 0.327 e. The molecule has 11 heteroatoms. The van der Waals surface area contributed by atoms with Crippen LogP contribution in [-0.4, -0.2) is 42.7 Å². The lowest BCUT2D eigenvalue weighted by atomic mass is 10.2. The van der Waals surface area contributed by atoms with Gasteiger partial charge in [-0.1, -0.05) is 20.8 Å². The molecule has 2 heterocycles. The second kappa shape index (κ2) is 9.82. The molecule has 2 aromatic carbocycles. The highest BCUT2D eigenvalue weighted by Gasteiger charge is 2.18. The molecule has 0 aliphatic carbocycles. The number of hydrogen-bond donors (Lipinski definition) is 3. The summed E-state index contributed by atoms with van der Waals surface area (Å²) in [5.74, 6) is 1.36. The highest BCUT2D eigenvalue weighted by molar-refractivity contribution is 8.00. The van der Waals surface area contributed by atoms with E-state index in [1.807, 2.05) is 35.8 Å². The Kier molecular flexibility index (Phi) is 7.09. The molecule has 0 aliphatic heterocycles. The van der Waals surface area contributed by atoms with Crippen molar-refractivity contribution in [3.63, 3.8) is 0 Å². The largest absolute Gasteiger partial charge is 0.490 e. The maximum atomic E-state index is 8.91. The fourth-order valence-electron chi connectivity index (χ4n) is 3.03. The Morgan fingerprint density at radius 3 is 2.69 bits per heavy atom. The average molecular weight is 491 g/mol. The average Bonchev–Trinajstić information content (AvgIpc) is 3.18. The van der Waals surface area contributed by atoms with Crippen LogP contribution in [0.25, 0.3) is 21.1 Å². The van der Waals surface area contributed by atoms with Crippen LogP contribution in [-0.2, 0) is 4.52 Å². The Hall–Kier alpha value is -2.07. The van der Waals surface area contributed by atoms with Crippen LogP contribution < -0.4 is 10.1 Å². The first-order valence-electron chi connectivity index (χ1n) is 9.80. The van der Waals surface area contributed by atoms with Gasteiger partial charge in [0.2, 0.25) is 0 Å². The van der Waals surface area contributed by atoms with E-state index in [1.54, 1.807) is 23.1 Å². The molecule has 0 amide bonds. The number of nitrogens with one attached hydrogen (secondary N) is 1. The molecule has 2 aromatic heterocycles. The molecular weight excluding hydrogens is 467 g/mol. The molecule has 0 aliphatic rings. The fourth-order valence-corrected chi connectivity index (χ4v) is 4.98. The predicted molar refractivity (Wildman–Crippen MR) is 131 cm³/mol. The van der Waals surface area contributed by atoms with Gasteiger partial charge in [0, 0.05) is 21.9 Å². The molecule has 0 radical (unpaired) electrons. The SMILES string of the molecule is CC(C)(C)Sc1cc2c(Nc3ccc4scnc4c3)ncnc2cc1OCCOP(O)O. The third-order valence-corrected chi connectivity index (χ3v) is 6.63. The van der Waals surface area contributed by atoms with Gasteiger partial charge < -0.3 is 24.4 Å². The highest BCUT2D eigenvalue weighted by atomic mass is 32.2. The number of fused-ring (bicyclic) bond motifs is 2. The number of anilines is 2. The first kappa shape index (κ1) is 23.1. The second-order valence-electron chi connectivity index (χ2n) is 7.85. The van der Waals surface area contributed by atoms with E-state index in [1.165, 1.54) is 6.33 Å². The van der Waals surface area contributed by atoms with Gasteiger partial charge in [-0.05, 0) is 24.3 Å². The Labute approximate surface area is 195 Å². The van der Waals surface area contributed by atoms with E-state index >= 15 is 0 Å². The lowest BCUT2D eigenvalue weighted by Crippen LogP contribution is -2.09. The Balaban J connectivity index is 1.67. The molecule has 0 saturated carbocycles. The normalized spacial score (nSPS) is 12.1. The van der Waals surface area contributed by atoms with E-state index in [2.05, 4.69) is 41.0 Å². The number of ether oxygens (including phenoxy) is 1. The van der Waals surface area contributed by atoms with Crippen LogP contribution in [0.5, 0.6) is 5.75 Å². The first-order chi connectivity index (χ1) is 15.3. The number of benzene rings is 2. The van der Waals surface area contributed by atoms with Crippen molar-refractivity contribution in [3.8, 4) is 5.75 Å². The quantitative estimate of drug-likeness (QED) is 0.168. The van der Waals surface area contributed by atoms with Gasteiger partial charge in [0.1, 0.15) is 24.5 Å². The maximum absolute atomic E-state index is 8.91. The first-order valence-corrected chi connectivity index (χ1v) is 12.7. The number of hydrogen-bond acceptors (Lipinski definition) is 10. The van der Waals surface area contributed by atoms with Crippen molar-refractivity contribution in [1.82, 2.24) is 15.0 Å². The molecule has 0 unspecified atom stereocenters. The topological polar surface area (TPSA) is 110 Å². The third-order valence-electron chi connectivity index (χ3n) is 4.26. The summed E-state index contributed by atoms with van der Waals surface area (Å²) in [7, 11) is -2.39. The monoisotopic (exact) mass is 490 g/mol. The summed E-state index contributed by atoms with van der Waals surface area (Å²) >= 11 is 3.28. The van der Waals surface area contributed by atoms with Crippen LogP contribution in [0.4, 0.5) is 11.5 Å². The minimum Gasteiger partial charge on any atom is -0.490 e. The second-order valence-corrected chi connectivity index (χ2v) is 11.4. The van der Waals surface area contributed by atoms with Gasteiger partial charge in [-0.2, -0.15) is 0 Å². The lowest BCUT2D eigenvalue weighted by Gasteiger charge is -2.21. The van der Waals surface area contributed by atoms with Gasteiger partial charge in [0.15, 0.2) is 0 Å². The van der Waals surface area contributed by atoms with Crippen molar-refractivity contribution in [2.45, 2.75) is 30.4 Å². The van der Waals surface area contributed by atoms with Crippen LogP contribution in [0, 0.1) is 0 Å². The van der Waals surface area contributed by atoms with Gasteiger partial charge in [-0.25, -0.2) is 15.0 Å². The molecule has 3 N–H and O–H groups in total. The van der Waals surface area contributed by atoms with Crippen LogP contribution in [0.15, 0.2) is 47.1 Å². The summed E-state index contributed by atoms with van der Waals surface area (Å²) in [5, 5.41) is 4.26. The molecule has 0 fully saturated rings. The molecule has 4 aromatic rings. The Bertz CT molecular complexity index is 1230. The van der Waals surface area contributed by atoms with Gasteiger partial charge in [-0.3, -0.25) is 0 Å². The molecule has 0 atom stereocenters.